The molecule has 0 bridgehead atoms. The quantitative estimate of drug-likeness (QED) is 0.698. The SMILES string of the molecule is CCC(O)CCNC(=O)c1ccc(NS(C)(=O)=O)cc1. The lowest BCUT2D eigenvalue weighted by atomic mass is 10.2. The number of nitrogens with one attached hydrogen (secondary N) is 2. The van der Waals surface area contributed by atoms with Gasteiger partial charge in [0.1, 0.15) is 0 Å². The van der Waals surface area contributed by atoms with E-state index in [1.807, 2.05) is 6.92 Å². The summed E-state index contributed by atoms with van der Waals surface area (Å²) in [6.07, 6.45) is 1.82. The molecule has 0 radical (unpaired) electrons. The maximum atomic E-state index is 11.8. The van der Waals surface area contributed by atoms with Crippen LogP contribution in [0.25, 0.3) is 0 Å². The van der Waals surface area contributed by atoms with Crippen LogP contribution in [0.3, 0.4) is 0 Å². The number of aliphatic hydroxyl groups is 1. The van der Waals surface area contributed by atoms with E-state index in [0.29, 0.717) is 30.6 Å². The Labute approximate surface area is 119 Å². The van der Waals surface area contributed by atoms with Crippen LogP contribution in [0.5, 0.6) is 0 Å². The van der Waals surface area contributed by atoms with Crippen LogP contribution >= 0.6 is 0 Å². The molecule has 3 N–H and O–H groups in total. The number of anilines is 1. The maximum Gasteiger partial charge on any atom is 0.251 e. The molecule has 1 atom stereocenters. The molecule has 0 aliphatic carbocycles. The molecule has 0 aromatic heterocycles. The molecule has 0 saturated heterocycles. The third kappa shape index (κ3) is 6.03. The van der Waals surface area contributed by atoms with E-state index < -0.39 is 16.1 Å². The highest BCUT2D eigenvalue weighted by Gasteiger charge is 2.07. The molecule has 6 nitrogen and oxygen atoms in total. The second-order valence-corrected chi connectivity index (χ2v) is 6.31. The van der Waals surface area contributed by atoms with E-state index >= 15 is 0 Å². The van der Waals surface area contributed by atoms with E-state index in [0.717, 1.165) is 6.26 Å². The van der Waals surface area contributed by atoms with Crippen molar-refractivity contribution in [1.82, 2.24) is 5.32 Å². The van der Waals surface area contributed by atoms with Crippen molar-refractivity contribution < 1.29 is 18.3 Å². The predicted molar refractivity (Wildman–Crippen MR) is 78.2 cm³/mol. The van der Waals surface area contributed by atoms with Gasteiger partial charge in [-0.25, -0.2) is 8.42 Å². The maximum absolute atomic E-state index is 11.8. The summed E-state index contributed by atoms with van der Waals surface area (Å²) in [4.78, 5) is 11.8. The molecule has 1 aromatic rings. The van der Waals surface area contributed by atoms with Gasteiger partial charge < -0.3 is 10.4 Å². The van der Waals surface area contributed by atoms with E-state index in [-0.39, 0.29) is 5.91 Å². The number of hydrogen-bond donors (Lipinski definition) is 3. The minimum atomic E-state index is -3.32. The number of benzene rings is 1. The predicted octanol–water partition coefficient (Wildman–Crippen LogP) is 0.949. The first kappa shape index (κ1) is 16.5. The van der Waals surface area contributed by atoms with Crippen LogP contribution in [-0.4, -0.2) is 38.3 Å². The molecule has 0 aliphatic rings. The lowest BCUT2D eigenvalue weighted by Crippen LogP contribution is -2.27. The molecule has 112 valence electrons. The van der Waals surface area contributed by atoms with Crippen molar-refractivity contribution in [2.45, 2.75) is 25.9 Å². The van der Waals surface area contributed by atoms with Gasteiger partial charge in [-0.2, -0.15) is 0 Å². The Bertz CT molecular complexity index is 540. The normalized spacial score (nSPS) is 12.8. The van der Waals surface area contributed by atoms with E-state index in [1.54, 1.807) is 12.1 Å². The van der Waals surface area contributed by atoms with Crippen LogP contribution in [0.2, 0.25) is 0 Å². The molecule has 7 heteroatoms. The van der Waals surface area contributed by atoms with E-state index in [4.69, 9.17) is 0 Å². The molecule has 1 rings (SSSR count). The summed E-state index contributed by atoms with van der Waals surface area (Å²) in [5, 5.41) is 12.1. The number of hydrogen-bond acceptors (Lipinski definition) is 4. The summed E-state index contributed by atoms with van der Waals surface area (Å²) in [5.41, 5.74) is 0.848. The van der Waals surface area contributed by atoms with Crippen LogP contribution in [-0.2, 0) is 10.0 Å². The highest BCUT2D eigenvalue weighted by molar-refractivity contribution is 7.92. The van der Waals surface area contributed by atoms with E-state index in [2.05, 4.69) is 10.0 Å². The van der Waals surface area contributed by atoms with Crippen molar-refractivity contribution in [2.75, 3.05) is 17.5 Å². The topological polar surface area (TPSA) is 95.5 Å². The zero-order valence-corrected chi connectivity index (χ0v) is 12.4. The van der Waals surface area contributed by atoms with Crippen molar-refractivity contribution in [2.24, 2.45) is 0 Å². The van der Waals surface area contributed by atoms with Crippen molar-refractivity contribution >= 4 is 21.6 Å². The van der Waals surface area contributed by atoms with Crippen LogP contribution in [0, 0.1) is 0 Å². The molecule has 0 saturated carbocycles. The standard InChI is InChI=1S/C13H20N2O4S/c1-3-12(16)8-9-14-13(17)10-4-6-11(7-5-10)15-20(2,18)19/h4-7,12,15-16H,3,8-9H2,1-2H3,(H,14,17). The summed E-state index contributed by atoms with van der Waals surface area (Å²) < 4.78 is 24.4. The smallest absolute Gasteiger partial charge is 0.251 e. The largest absolute Gasteiger partial charge is 0.393 e. The van der Waals surface area contributed by atoms with Crippen molar-refractivity contribution in [3.63, 3.8) is 0 Å². The Hall–Kier alpha value is -1.60. The highest BCUT2D eigenvalue weighted by Crippen LogP contribution is 2.10. The molecule has 20 heavy (non-hydrogen) atoms. The van der Waals surface area contributed by atoms with E-state index in [1.165, 1.54) is 12.1 Å². The Morgan fingerprint density at radius 1 is 1.30 bits per heavy atom. The minimum absolute atomic E-state index is 0.251. The fourth-order valence-electron chi connectivity index (χ4n) is 1.56. The fourth-order valence-corrected chi connectivity index (χ4v) is 2.13. The average Bonchev–Trinajstić information content (AvgIpc) is 2.37. The molecule has 0 aliphatic heterocycles. The minimum Gasteiger partial charge on any atom is -0.393 e. The van der Waals surface area contributed by atoms with Crippen molar-refractivity contribution in [3.8, 4) is 0 Å². The second kappa shape index (κ2) is 7.25. The molecule has 0 spiro atoms. The second-order valence-electron chi connectivity index (χ2n) is 4.56. The summed E-state index contributed by atoms with van der Waals surface area (Å²) in [7, 11) is -3.32. The number of carbonyl (C=O) groups excluding carboxylic acids is 1. The van der Waals surface area contributed by atoms with E-state index in [9.17, 15) is 18.3 Å². The number of carbonyl (C=O) groups is 1. The fraction of sp³-hybridized carbons (Fsp3) is 0.462. The molecule has 0 heterocycles. The number of aliphatic hydroxyl groups excluding tert-OH is 1. The highest BCUT2D eigenvalue weighted by atomic mass is 32.2. The lowest BCUT2D eigenvalue weighted by molar-refractivity contribution is 0.0942. The van der Waals surface area contributed by atoms with Gasteiger partial charge in [0.25, 0.3) is 5.91 Å². The van der Waals surface area contributed by atoms with Crippen molar-refractivity contribution in [1.29, 1.82) is 0 Å². The van der Waals surface area contributed by atoms with Gasteiger partial charge in [0, 0.05) is 17.8 Å². The Morgan fingerprint density at radius 2 is 1.90 bits per heavy atom. The summed E-state index contributed by atoms with van der Waals surface area (Å²) in [6.45, 7) is 2.27. The molecular formula is C13H20N2O4S. The van der Waals surface area contributed by atoms with Gasteiger partial charge in [0.2, 0.25) is 10.0 Å². The average molecular weight is 300 g/mol. The van der Waals surface area contributed by atoms with Gasteiger partial charge in [0.05, 0.1) is 12.4 Å². The first-order chi connectivity index (χ1) is 9.31. The first-order valence-corrected chi connectivity index (χ1v) is 8.25. The lowest BCUT2D eigenvalue weighted by Gasteiger charge is -2.09. The van der Waals surface area contributed by atoms with Crippen LogP contribution < -0.4 is 10.0 Å². The van der Waals surface area contributed by atoms with Gasteiger partial charge in [-0.15, -0.1) is 0 Å². The third-order valence-corrected chi connectivity index (χ3v) is 3.29. The van der Waals surface area contributed by atoms with Gasteiger partial charge in [0.15, 0.2) is 0 Å². The summed E-state index contributed by atoms with van der Waals surface area (Å²) in [5.74, 6) is -0.251. The van der Waals surface area contributed by atoms with Gasteiger partial charge in [-0.3, -0.25) is 9.52 Å². The zero-order valence-electron chi connectivity index (χ0n) is 11.6. The van der Waals surface area contributed by atoms with Crippen LogP contribution in [0.1, 0.15) is 30.1 Å². The Balaban J connectivity index is 2.53. The van der Waals surface area contributed by atoms with Gasteiger partial charge in [-0.1, -0.05) is 6.92 Å². The van der Waals surface area contributed by atoms with Crippen LogP contribution in [0.15, 0.2) is 24.3 Å². The molecular weight excluding hydrogens is 280 g/mol. The van der Waals surface area contributed by atoms with Crippen molar-refractivity contribution in [3.05, 3.63) is 29.8 Å². The van der Waals surface area contributed by atoms with Crippen LogP contribution in [0.4, 0.5) is 5.69 Å². The number of rotatable bonds is 7. The first-order valence-electron chi connectivity index (χ1n) is 6.36. The molecule has 0 fully saturated rings. The molecule has 1 unspecified atom stereocenters. The zero-order chi connectivity index (χ0) is 15.2. The summed E-state index contributed by atoms with van der Waals surface area (Å²) in [6, 6.07) is 6.13. The monoisotopic (exact) mass is 300 g/mol. The van der Waals surface area contributed by atoms with Gasteiger partial charge >= 0.3 is 0 Å². The Kier molecular flexibility index (Phi) is 5.97. The third-order valence-electron chi connectivity index (χ3n) is 2.68. The molecule has 1 amide bonds. The number of sulfonamides is 1. The summed E-state index contributed by atoms with van der Waals surface area (Å²) >= 11 is 0. The molecule has 1 aromatic carbocycles. The number of amides is 1. The Morgan fingerprint density at radius 3 is 2.40 bits per heavy atom. The van der Waals surface area contributed by atoms with Gasteiger partial charge in [-0.05, 0) is 37.1 Å².